The molecule has 0 N–H and O–H groups in total. The summed E-state index contributed by atoms with van der Waals surface area (Å²) in [5.74, 6) is -1.37. The van der Waals surface area contributed by atoms with E-state index in [0.29, 0.717) is 0 Å². The van der Waals surface area contributed by atoms with Crippen LogP contribution in [0.4, 0.5) is 0 Å². The van der Waals surface area contributed by atoms with Crippen molar-refractivity contribution < 1.29 is 19.1 Å². The van der Waals surface area contributed by atoms with Crippen LogP contribution >= 0.6 is 0 Å². The number of benzene rings is 2. The molecule has 4 heteroatoms. The first kappa shape index (κ1) is 20.2. The van der Waals surface area contributed by atoms with E-state index in [1.807, 2.05) is 67.6 Å². The van der Waals surface area contributed by atoms with Gasteiger partial charge in [0.15, 0.2) is 0 Å². The first-order chi connectivity index (χ1) is 13.1. The molecule has 0 fully saturated rings. The molecule has 0 saturated heterocycles. The smallest absolute Gasteiger partial charge is 0.313 e. The quantitative estimate of drug-likeness (QED) is 0.484. The molecule has 2 atom stereocenters. The second kappa shape index (κ2) is 10.8. The molecule has 0 aromatic heterocycles. The molecule has 0 spiro atoms. The maximum atomic E-state index is 12.1. The average molecular weight is 364 g/mol. The Morgan fingerprint density at radius 2 is 1.30 bits per heavy atom. The van der Waals surface area contributed by atoms with Gasteiger partial charge in [0, 0.05) is 6.42 Å². The van der Waals surface area contributed by atoms with Crippen molar-refractivity contribution in [1.29, 1.82) is 0 Å². The fourth-order valence-corrected chi connectivity index (χ4v) is 2.32. The molecule has 2 rings (SSSR count). The third-order valence-corrected chi connectivity index (χ3v) is 4.22. The molecule has 2 aromatic rings. The van der Waals surface area contributed by atoms with E-state index in [4.69, 9.17) is 9.47 Å². The van der Waals surface area contributed by atoms with Crippen LogP contribution in [0.15, 0.2) is 73.2 Å². The van der Waals surface area contributed by atoms with E-state index in [9.17, 15) is 9.59 Å². The van der Waals surface area contributed by atoms with E-state index in [0.717, 1.165) is 11.1 Å². The van der Waals surface area contributed by atoms with Gasteiger partial charge in [-0.3, -0.25) is 9.59 Å². The van der Waals surface area contributed by atoms with Gasteiger partial charge < -0.3 is 9.47 Å². The molecule has 0 heterocycles. The first-order valence-corrected chi connectivity index (χ1v) is 8.89. The van der Waals surface area contributed by atoms with Crippen molar-refractivity contribution in [2.24, 2.45) is 11.8 Å². The van der Waals surface area contributed by atoms with Crippen LogP contribution in [0.1, 0.15) is 31.4 Å². The molecule has 0 aliphatic carbocycles. The van der Waals surface area contributed by atoms with Crippen LogP contribution in [0, 0.1) is 11.8 Å². The van der Waals surface area contributed by atoms with Crippen LogP contribution < -0.4 is 0 Å². The Balaban J connectivity index is 1.75. The molecule has 2 aromatic carbocycles. The van der Waals surface area contributed by atoms with Gasteiger partial charge in [0.1, 0.15) is 0 Å². The summed E-state index contributed by atoms with van der Waals surface area (Å²) >= 11 is 0. The Morgan fingerprint density at radius 3 is 1.81 bits per heavy atom. The lowest BCUT2D eigenvalue weighted by atomic mass is 9.93. The molecule has 27 heavy (non-hydrogen) atoms. The van der Waals surface area contributed by atoms with Crippen molar-refractivity contribution >= 4 is 24.1 Å². The molecule has 0 bridgehead atoms. The van der Waals surface area contributed by atoms with Crippen LogP contribution in [0.3, 0.4) is 0 Å². The molecular weight excluding hydrogens is 340 g/mol. The minimum absolute atomic E-state index is 0.137. The highest BCUT2D eigenvalue weighted by Gasteiger charge is 2.24. The highest BCUT2D eigenvalue weighted by Crippen LogP contribution is 2.18. The first-order valence-electron chi connectivity index (χ1n) is 8.89. The summed E-state index contributed by atoms with van der Waals surface area (Å²) in [5, 5.41) is 0. The lowest BCUT2D eigenvalue weighted by Gasteiger charge is -2.16. The highest BCUT2D eigenvalue weighted by molar-refractivity contribution is 5.76. The van der Waals surface area contributed by atoms with Gasteiger partial charge in [0.2, 0.25) is 0 Å². The molecule has 0 amide bonds. The summed E-state index contributed by atoms with van der Waals surface area (Å²) < 4.78 is 10.3. The van der Waals surface area contributed by atoms with E-state index in [-0.39, 0.29) is 24.3 Å². The molecule has 0 radical (unpaired) electrons. The summed E-state index contributed by atoms with van der Waals surface area (Å²) in [6.45, 7) is 3.57. The summed E-state index contributed by atoms with van der Waals surface area (Å²) in [6.07, 6.45) is 6.32. The molecule has 4 nitrogen and oxygen atoms in total. The van der Waals surface area contributed by atoms with Crippen LogP contribution in [0.5, 0.6) is 0 Å². The highest BCUT2D eigenvalue weighted by atomic mass is 16.5. The Bertz CT molecular complexity index is 779. The van der Waals surface area contributed by atoms with Gasteiger partial charge in [-0.2, -0.15) is 0 Å². The van der Waals surface area contributed by atoms with Crippen LogP contribution in [-0.4, -0.2) is 11.9 Å². The van der Waals surface area contributed by atoms with E-state index in [1.165, 1.54) is 12.5 Å². The van der Waals surface area contributed by atoms with Crippen molar-refractivity contribution in [3.05, 3.63) is 84.3 Å². The topological polar surface area (TPSA) is 52.6 Å². The van der Waals surface area contributed by atoms with Gasteiger partial charge in [-0.25, -0.2) is 0 Å². The zero-order valence-electron chi connectivity index (χ0n) is 15.6. The normalized spacial score (nSPS) is 13.4. The predicted octanol–water partition coefficient (Wildman–Crippen LogP) is 5.08. The average Bonchev–Trinajstić information content (AvgIpc) is 2.69. The predicted molar refractivity (Wildman–Crippen MR) is 106 cm³/mol. The number of carbonyl (C=O) groups is 2. The van der Waals surface area contributed by atoms with Gasteiger partial charge in [-0.05, 0) is 29.2 Å². The maximum Gasteiger partial charge on any atom is 0.313 e. The third kappa shape index (κ3) is 7.32. The van der Waals surface area contributed by atoms with Gasteiger partial charge in [-0.15, -0.1) is 0 Å². The molecule has 140 valence electrons. The van der Waals surface area contributed by atoms with Crippen molar-refractivity contribution in [1.82, 2.24) is 0 Å². The summed E-state index contributed by atoms with van der Waals surface area (Å²) in [4.78, 5) is 24.0. The van der Waals surface area contributed by atoms with E-state index < -0.39 is 5.92 Å². The fraction of sp³-hybridized carbons (Fsp3) is 0.217. The Morgan fingerprint density at radius 1 is 0.815 bits per heavy atom. The monoisotopic (exact) mass is 364 g/mol. The van der Waals surface area contributed by atoms with E-state index in [2.05, 4.69) is 0 Å². The number of rotatable bonds is 8. The lowest BCUT2D eigenvalue weighted by molar-refractivity contribution is -0.145. The van der Waals surface area contributed by atoms with Gasteiger partial charge >= 0.3 is 11.9 Å². The summed E-state index contributed by atoms with van der Waals surface area (Å²) in [7, 11) is 0. The minimum atomic E-state index is -0.420. The Labute approximate surface area is 160 Å². The molecule has 0 aliphatic rings. The van der Waals surface area contributed by atoms with Crippen LogP contribution in [0.2, 0.25) is 0 Å². The van der Waals surface area contributed by atoms with E-state index >= 15 is 0 Å². The largest absolute Gasteiger partial charge is 0.434 e. The number of carbonyl (C=O) groups excluding carboxylic acids is 2. The minimum Gasteiger partial charge on any atom is -0.434 e. The number of hydrogen-bond acceptors (Lipinski definition) is 4. The zero-order chi connectivity index (χ0) is 19.5. The Hall–Kier alpha value is -3.14. The summed E-state index contributed by atoms with van der Waals surface area (Å²) in [5.41, 5.74) is 1.89. The second-order valence-electron chi connectivity index (χ2n) is 6.32. The van der Waals surface area contributed by atoms with Crippen molar-refractivity contribution in [3.8, 4) is 0 Å². The third-order valence-electron chi connectivity index (χ3n) is 4.22. The number of ether oxygens (including phenoxy) is 2. The zero-order valence-corrected chi connectivity index (χ0v) is 15.6. The fourth-order valence-electron chi connectivity index (χ4n) is 2.32. The SMILES string of the molecule is CC(CC(=O)O/C=C/c1ccccc1)C(C)C(=O)O/C=C/c1ccccc1. The lowest BCUT2D eigenvalue weighted by Crippen LogP contribution is -2.22. The van der Waals surface area contributed by atoms with E-state index in [1.54, 1.807) is 19.1 Å². The molecule has 0 saturated carbocycles. The molecule has 2 unspecified atom stereocenters. The number of hydrogen-bond donors (Lipinski definition) is 0. The number of esters is 2. The van der Waals surface area contributed by atoms with Gasteiger partial charge in [0.25, 0.3) is 0 Å². The van der Waals surface area contributed by atoms with Crippen molar-refractivity contribution in [3.63, 3.8) is 0 Å². The van der Waals surface area contributed by atoms with Gasteiger partial charge in [-0.1, -0.05) is 74.5 Å². The second-order valence-corrected chi connectivity index (χ2v) is 6.32. The maximum absolute atomic E-state index is 12.1. The van der Waals surface area contributed by atoms with Crippen molar-refractivity contribution in [2.45, 2.75) is 20.3 Å². The standard InChI is InChI=1S/C23H24O4/c1-18(17-22(24)26-15-13-20-9-5-3-6-10-20)19(2)23(25)27-16-14-21-11-7-4-8-12-21/h3-16,18-19H,17H2,1-2H3/b15-13+,16-14+. The Kier molecular flexibility index (Phi) is 8.04. The van der Waals surface area contributed by atoms with Crippen LogP contribution in [-0.2, 0) is 19.1 Å². The molecule has 0 aliphatic heterocycles. The summed E-state index contributed by atoms with van der Waals surface area (Å²) in [6, 6.07) is 19.1. The van der Waals surface area contributed by atoms with Gasteiger partial charge in [0.05, 0.1) is 18.4 Å². The molecular formula is C23H24O4. The van der Waals surface area contributed by atoms with Crippen molar-refractivity contribution in [2.75, 3.05) is 0 Å². The van der Waals surface area contributed by atoms with Crippen LogP contribution in [0.25, 0.3) is 12.2 Å².